The minimum absolute atomic E-state index is 0.0823. The van der Waals surface area contributed by atoms with Crippen molar-refractivity contribution < 1.29 is 26.3 Å². The average molecular weight is 315 g/mol. The van der Waals surface area contributed by atoms with Crippen LogP contribution in [0.25, 0.3) is 0 Å². The number of nitrogens with zero attached hydrogens (tertiary/aromatic N) is 1. The summed E-state index contributed by atoms with van der Waals surface area (Å²) in [5.74, 6) is -0.952. The minimum Gasteiger partial charge on any atom is -0.404 e. The van der Waals surface area contributed by atoms with Gasteiger partial charge in [0.05, 0.1) is 10.5 Å². The first-order valence-corrected chi connectivity index (χ1v) is 6.87. The lowest BCUT2D eigenvalue weighted by molar-refractivity contribution is -0.274. The molecule has 104 valence electrons. The van der Waals surface area contributed by atoms with Gasteiger partial charge in [0.15, 0.2) is 0 Å². The molecule has 5 nitrogen and oxygen atoms in total. The van der Waals surface area contributed by atoms with Crippen molar-refractivity contribution in [2.45, 2.75) is 17.8 Å². The summed E-state index contributed by atoms with van der Waals surface area (Å²) in [5.41, 5.74) is 4.67. The predicted octanol–water partition coefficient (Wildman–Crippen LogP) is 1.84. The van der Waals surface area contributed by atoms with Gasteiger partial charge in [-0.3, -0.25) is 0 Å². The highest BCUT2D eigenvalue weighted by molar-refractivity contribution is 8.13. The molecule has 1 aromatic rings. The fourth-order valence-corrected chi connectivity index (χ4v) is 2.42. The van der Waals surface area contributed by atoms with Gasteiger partial charge in [0, 0.05) is 23.3 Å². The van der Waals surface area contributed by atoms with Crippen LogP contribution in [0, 0.1) is 11.3 Å². The van der Waals surface area contributed by atoms with Crippen LogP contribution >= 0.6 is 10.7 Å². The van der Waals surface area contributed by atoms with E-state index in [-0.39, 0.29) is 12.1 Å². The molecular weight excluding hydrogens is 309 g/mol. The Balaban J connectivity index is 3.53. The maximum atomic E-state index is 12.1. The Hall–Kier alpha value is -1.50. The van der Waals surface area contributed by atoms with Gasteiger partial charge in [-0.25, -0.2) is 8.42 Å². The normalized spacial score (nSPS) is 12.0. The van der Waals surface area contributed by atoms with E-state index in [1.54, 1.807) is 0 Å². The zero-order valence-corrected chi connectivity index (χ0v) is 10.6. The molecule has 0 atom stereocenters. The van der Waals surface area contributed by atoms with Gasteiger partial charge in [0.2, 0.25) is 0 Å². The number of nitriles is 1. The van der Waals surface area contributed by atoms with Crippen LogP contribution in [-0.4, -0.2) is 14.8 Å². The second-order valence-electron chi connectivity index (χ2n) is 3.26. The molecule has 0 bridgehead atoms. The summed E-state index contributed by atoms with van der Waals surface area (Å²) in [4.78, 5) is -0.630. The van der Waals surface area contributed by atoms with Crippen LogP contribution in [0.3, 0.4) is 0 Å². The highest BCUT2D eigenvalue weighted by atomic mass is 35.7. The van der Waals surface area contributed by atoms with Crippen molar-refractivity contribution in [3.8, 4) is 11.8 Å². The average Bonchev–Trinajstić information content (AvgIpc) is 2.25. The molecule has 0 unspecified atom stereocenters. The van der Waals surface area contributed by atoms with Gasteiger partial charge in [-0.2, -0.15) is 5.26 Å². The Morgan fingerprint density at radius 1 is 1.42 bits per heavy atom. The van der Waals surface area contributed by atoms with Crippen LogP contribution in [0.2, 0.25) is 0 Å². The number of benzene rings is 1. The van der Waals surface area contributed by atoms with Crippen LogP contribution in [0.4, 0.5) is 13.2 Å². The number of nitrogens with two attached hydrogens (primary N) is 1. The molecule has 19 heavy (non-hydrogen) atoms. The molecule has 0 saturated heterocycles. The standard InChI is InChI=1S/C9H6ClF3N2O3S/c10-19(16,17)8-2-7(18-9(11,12)13)5(3-14)1-6(8)4-15/h1-2H,4,15H2. The van der Waals surface area contributed by atoms with Crippen LogP contribution < -0.4 is 10.5 Å². The van der Waals surface area contributed by atoms with Crippen LogP contribution in [0.15, 0.2) is 17.0 Å². The van der Waals surface area contributed by atoms with E-state index in [2.05, 4.69) is 4.74 Å². The van der Waals surface area contributed by atoms with Gasteiger partial charge in [0.1, 0.15) is 11.8 Å². The summed E-state index contributed by atoms with van der Waals surface area (Å²) in [5, 5.41) is 8.71. The fourth-order valence-electron chi connectivity index (χ4n) is 1.29. The molecule has 0 spiro atoms. The fraction of sp³-hybridized carbons (Fsp3) is 0.222. The van der Waals surface area contributed by atoms with Crippen molar-refractivity contribution in [1.29, 1.82) is 5.26 Å². The van der Waals surface area contributed by atoms with Crippen molar-refractivity contribution in [2.75, 3.05) is 0 Å². The first kappa shape index (κ1) is 15.6. The summed E-state index contributed by atoms with van der Waals surface area (Å²) in [6, 6.07) is 2.86. The van der Waals surface area contributed by atoms with Gasteiger partial charge in [-0.05, 0) is 11.6 Å². The van der Waals surface area contributed by atoms with Crippen LogP contribution in [0.1, 0.15) is 11.1 Å². The molecule has 0 fully saturated rings. The molecule has 0 aliphatic carbocycles. The first-order valence-electron chi connectivity index (χ1n) is 4.56. The summed E-state index contributed by atoms with van der Waals surface area (Å²) in [6.45, 7) is -0.317. The third kappa shape index (κ3) is 3.99. The number of hydrogen-bond acceptors (Lipinski definition) is 5. The van der Waals surface area contributed by atoms with Gasteiger partial charge in [-0.15, -0.1) is 13.2 Å². The topological polar surface area (TPSA) is 93.2 Å². The summed E-state index contributed by atoms with van der Waals surface area (Å²) < 4.78 is 62.4. The van der Waals surface area contributed by atoms with E-state index in [0.29, 0.717) is 6.07 Å². The largest absolute Gasteiger partial charge is 0.573 e. The molecule has 1 aromatic carbocycles. The van der Waals surface area contributed by atoms with E-state index < -0.39 is 31.6 Å². The van der Waals surface area contributed by atoms with Crippen molar-refractivity contribution in [2.24, 2.45) is 5.73 Å². The van der Waals surface area contributed by atoms with Gasteiger partial charge in [-0.1, -0.05) is 0 Å². The molecule has 0 radical (unpaired) electrons. The lowest BCUT2D eigenvalue weighted by Gasteiger charge is -2.13. The Morgan fingerprint density at radius 2 is 2.00 bits per heavy atom. The molecule has 0 heterocycles. The number of halogens is 4. The number of alkyl halides is 3. The van der Waals surface area contributed by atoms with E-state index >= 15 is 0 Å². The van der Waals surface area contributed by atoms with E-state index in [1.165, 1.54) is 6.07 Å². The van der Waals surface area contributed by atoms with Crippen LogP contribution in [0.5, 0.6) is 5.75 Å². The van der Waals surface area contributed by atoms with E-state index in [1.807, 2.05) is 0 Å². The number of rotatable bonds is 3. The van der Waals surface area contributed by atoms with Crippen molar-refractivity contribution in [3.63, 3.8) is 0 Å². The number of hydrogen-bond donors (Lipinski definition) is 1. The third-order valence-corrected chi connectivity index (χ3v) is 3.40. The van der Waals surface area contributed by atoms with E-state index in [4.69, 9.17) is 21.7 Å². The molecule has 0 amide bonds. The second-order valence-corrected chi connectivity index (χ2v) is 5.79. The monoisotopic (exact) mass is 314 g/mol. The van der Waals surface area contributed by atoms with Crippen molar-refractivity contribution >= 4 is 19.7 Å². The molecule has 0 aromatic heterocycles. The maximum Gasteiger partial charge on any atom is 0.573 e. The molecular formula is C9H6ClF3N2O3S. The highest BCUT2D eigenvalue weighted by Gasteiger charge is 2.33. The lowest BCUT2D eigenvalue weighted by Crippen LogP contribution is -2.18. The summed E-state index contributed by atoms with van der Waals surface area (Å²) in [6.07, 6.45) is -5.07. The Labute approximate surface area is 110 Å². The molecule has 0 aliphatic rings. The summed E-state index contributed by atoms with van der Waals surface area (Å²) >= 11 is 0. The molecule has 10 heteroatoms. The van der Waals surface area contributed by atoms with Gasteiger partial charge >= 0.3 is 6.36 Å². The van der Waals surface area contributed by atoms with Gasteiger partial charge in [0.25, 0.3) is 9.05 Å². The van der Waals surface area contributed by atoms with Crippen molar-refractivity contribution in [3.05, 3.63) is 23.3 Å². The smallest absolute Gasteiger partial charge is 0.404 e. The Kier molecular flexibility index (Phi) is 4.29. The quantitative estimate of drug-likeness (QED) is 0.859. The van der Waals surface area contributed by atoms with Crippen LogP contribution in [-0.2, 0) is 15.6 Å². The zero-order chi connectivity index (χ0) is 14.8. The Bertz CT molecular complexity index is 637. The molecule has 1 rings (SSSR count). The second kappa shape index (κ2) is 5.24. The number of ether oxygens (including phenoxy) is 1. The molecule has 0 saturated carbocycles. The minimum atomic E-state index is -5.07. The Morgan fingerprint density at radius 3 is 2.37 bits per heavy atom. The third-order valence-electron chi connectivity index (χ3n) is 1.99. The maximum absolute atomic E-state index is 12.1. The SMILES string of the molecule is N#Cc1cc(CN)c(S(=O)(=O)Cl)cc1OC(F)(F)F. The first-order chi connectivity index (χ1) is 8.58. The predicted molar refractivity (Wildman–Crippen MR) is 58.8 cm³/mol. The van der Waals surface area contributed by atoms with Gasteiger partial charge < -0.3 is 10.5 Å². The summed E-state index contributed by atoms with van der Waals surface area (Å²) in [7, 11) is 0.765. The highest BCUT2D eigenvalue weighted by Crippen LogP contribution is 2.32. The van der Waals surface area contributed by atoms with E-state index in [0.717, 1.165) is 6.07 Å². The van der Waals surface area contributed by atoms with Crippen molar-refractivity contribution in [1.82, 2.24) is 0 Å². The zero-order valence-electron chi connectivity index (χ0n) is 9.03. The van der Waals surface area contributed by atoms with E-state index in [9.17, 15) is 21.6 Å². The molecule has 0 aliphatic heterocycles. The lowest BCUT2D eigenvalue weighted by atomic mass is 10.1. The molecule has 2 N–H and O–H groups in total.